The molecule has 2 rings (SSSR count). The van der Waals surface area contributed by atoms with E-state index in [0.717, 1.165) is 51.9 Å². The van der Waals surface area contributed by atoms with Crippen LogP contribution in [0.25, 0.3) is 0 Å². The molecule has 20 heavy (non-hydrogen) atoms. The van der Waals surface area contributed by atoms with Crippen LogP contribution < -0.4 is 5.32 Å². The number of hydrogen-bond acceptors (Lipinski definition) is 2. The molecule has 0 bridgehead atoms. The molecule has 2 aliphatic rings. The van der Waals surface area contributed by atoms with Crippen LogP contribution in [-0.4, -0.2) is 54.5 Å². The van der Waals surface area contributed by atoms with Crippen molar-refractivity contribution >= 4 is 11.9 Å². The first-order valence-electron chi connectivity index (χ1n) is 8.08. The summed E-state index contributed by atoms with van der Waals surface area (Å²) in [5, 5.41) is 2.89. The van der Waals surface area contributed by atoms with E-state index in [-0.39, 0.29) is 11.9 Å². The summed E-state index contributed by atoms with van der Waals surface area (Å²) < 4.78 is 0. The van der Waals surface area contributed by atoms with Gasteiger partial charge in [0.1, 0.15) is 0 Å². The van der Waals surface area contributed by atoms with Crippen molar-refractivity contribution in [1.82, 2.24) is 15.1 Å². The van der Waals surface area contributed by atoms with Gasteiger partial charge in [0.05, 0.1) is 0 Å². The van der Waals surface area contributed by atoms with Crippen molar-refractivity contribution in [2.75, 3.05) is 32.7 Å². The van der Waals surface area contributed by atoms with Gasteiger partial charge < -0.3 is 15.1 Å². The van der Waals surface area contributed by atoms with Gasteiger partial charge in [0.2, 0.25) is 5.91 Å². The van der Waals surface area contributed by atoms with Crippen LogP contribution in [0, 0.1) is 0 Å². The smallest absolute Gasteiger partial charge is 0.317 e. The van der Waals surface area contributed by atoms with Gasteiger partial charge in [0.15, 0.2) is 0 Å². The molecule has 0 saturated carbocycles. The molecule has 5 heteroatoms. The Morgan fingerprint density at radius 3 is 1.85 bits per heavy atom. The molecule has 5 nitrogen and oxygen atoms in total. The number of carbonyl (C=O) groups excluding carboxylic acids is 2. The standard InChI is InChI=1S/C15H27N3O2/c19-14(17-10-6-3-7-11-17)8-9-16-15(20)18-12-4-1-2-5-13-18/h1-13H2,(H,16,20). The number of rotatable bonds is 3. The van der Waals surface area contributed by atoms with E-state index in [1.807, 2.05) is 9.80 Å². The van der Waals surface area contributed by atoms with E-state index in [9.17, 15) is 9.59 Å². The number of nitrogens with zero attached hydrogens (tertiary/aromatic N) is 2. The fourth-order valence-corrected chi connectivity index (χ4v) is 2.96. The Hall–Kier alpha value is -1.26. The van der Waals surface area contributed by atoms with Gasteiger partial charge in [-0.05, 0) is 32.1 Å². The molecule has 0 aromatic carbocycles. The van der Waals surface area contributed by atoms with Crippen LogP contribution in [0.5, 0.6) is 0 Å². The number of likely N-dealkylation sites (tertiary alicyclic amines) is 2. The molecule has 0 aromatic heterocycles. The normalized spacial score (nSPS) is 20.4. The van der Waals surface area contributed by atoms with E-state index in [1.165, 1.54) is 19.3 Å². The lowest BCUT2D eigenvalue weighted by atomic mass is 10.1. The second-order valence-electron chi connectivity index (χ2n) is 5.82. The molecule has 2 fully saturated rings. The number of nitrogens with one attached hydrogen (secondary N) is 1. The first-order chi connectivity index (χ1) is 9.77. The van der Waals surface area contributed by atoms with Crippen molar-refractivity contribution in [1.29, 1.82) is 0 Å². The first kappa shape index (κ1) is 15.1. The fourth-order valence-electron chi connectivity index (χ4n) is 2.96. The topological polar surface area (TPSA) is 52.7 Å². The average Bonchev–Trinajstić information content (AvgIpc) is 2.77. The van der Waals surface area contributed by atoms with Crippen LogP contribution in [0.4, 0.5) is 4.79 Å². The zero-order chi connectivity index (χ0) is 14.2. The van der Waals surface area contributed by atoms with E-state index in [4.69, 9.17) is 0 Å². The van der Waals surface area contributed by atoms with Gasteiger partial charge in [0, 0.05) is 39.1 Å². The summed E-state index contributed by atoms with van der Waals surface area (Å²) in [7, 11) is 0. The third-order valence-electron chi connectivity index (χ3n) is 4.22. The van der Waals surface area contributed by atoms with Gasteiger partial charge in [0.25, 0.3) is 0 Å². The highest BCUT2D eigenvalue weighted by molar-refractivity contribution is 5.78. The number of urea groups is 1. The highest BCUT2D eigenvalue weighted by Gasteiger charge is 2.18. The van der Waals surface area contributed by atoms with Crippen molar-refractivity contribution in [3.05, 3.63) is 0 Å². The lowest BCUT2D eigenvalue weighted by molar-refractivity contribution is -0.131. The van der Waals surface area contributed by atoms with Crippen LogP contribution in [-0.2, 0) is 4.79 Å². The Morgan fingerprint density at radius 2 is 1.25 bits per heavy atom. The second-order valence-corrected chi connectivity index (χ2v) is 5.82. The quantitative estimate of drug-likeness (QED) is 0.860. The molecule has 0 spiro atoms. The lowest BCUT2D eigenvalue weighted by Crippen LogP contribution is -2.42. The lowest BCUT2D eigenvalue weighted by Gasteiger charge is -2.27. The van der Waals surface area contributed by atoms with Gasteiger partial charge in [-0.15, -0.1) is 0 Å². The number of piperidine rings is 1. The van der Waals surface area contributed by atoms with Crippen LogP contribution in [0.3, 0.4) is 0 Å². The number of carbonyl (C=O) groups is 2. The Balaban J connectivity index is 1.64. The molecular weight excluding hydrogens is 254 g/mol. The Labute approximate surface area is 121 Å². The minimum absolute atomic E-state index is 0.00153. The summed E-state index contributed by atoms with van der Waals surface area (Å²) in [4.78, 5) is 27.8. The van der Waals surface area contributed by atoms with Gasteiger partial charge in [-0.1, -0.05) is 12.8 Å². The summed E-state index contributed by atoms with van der Waals surface area (Å²) in [6.45, 7) is 3.94. The molecule has 0 unspecified atom stereocenters. The van der Waals surface area contributed by atoms with Crippen molar-refractivity contribution in [2.45, 2.75) is 51.4 Å². The molecule has 2 saturated heterocycles. The maximum atomic E-state index is 12.0. The molecule has 0 atom stereocenters. The maximum absolute atomic E-state index is 12.0. The molecule has 3 amide bonds. The van der Waals surface area contributed by atoms with Crippen molar-refractivity contribution in [3.63, 3.8) is 0 Å². The van der Waals surface area contributed by atoms with E-state index < -0.39 is 0 Å². The van der Waals surface area contributed by atoms with E-state index in [0.29, 0.717) is 13.0 Å². The molecule has 2 heterocycles. The molecule has 2 aliphatic heterocycles. The molecule has 0 aromatic rings. The predicted octanol–water partition coefficient (Wildman–Crippen LogP) is 1.97. The van der Waals surface area contributed by atoms with E-state index in [1.54, 1.807) is 0 Å². The van der Waals surface area contributed by atoms with Gasteiger partial charge in [-0.2, -0.15) is 0 Å². The maximum Gasteiger partial charge on any atom is 0.317 e. The molecule has 0 aliphatic carbocycles. The number of hydrogen-bond donors (Lipinski definition) is 1. The van der Waals surface area contributed by atoms with Crippen LogP contribution >= 0.6 is 0 Å². The SMILES string of the molecule is O=C(CCNC(=O)N1CCCCCC1)N1CCCCC1. The Bertz CT molecular complexity index is 319. The van der Waals surface area contributed by atoms with E-state index in [2.05, 4.69) is 5.32 Å². The first-order valence-corrected chi connectivity index (χ1v) is 8.08. The summed E-state index contributed by atoms with van der Waals surface area (Å²) in [5.41, 5.74) is 0. The summed E-state index contributed by atoms with van der Waals surface area (Å²) in [6.07, 6.45) is 8.53. The summed E-state index contributed by atoms with van der Waals surface area (Å²) in [6, 6.07) is -0.00153. The zero-order valence-electron chi connectivity index (χ0n) is 12.4. The zero-order valence-corrected chi connectivity index (χ0v) is 12.4. The van der Waals surface area contributed by atoms with Crippen molar-refractivity contribution in [2.24, 2.45) is 0 Å². The van der Waals surface area contributed by atoms with Gasteiger partial charge in [-0.3, -0.25) is 4.79 Å². The molecule has 114 valence electrons. The average molecular weight is 281 g/mol. The Kier molecular flexibility index (Phi) is 6.15. The predicted molar refractivity (Wildman–Crippen MR) is 78.5 cm³/mol. The monoisotopic (exact) mass is 281 g/mol. The third-order valence-corrected chi connectivity index (χ3v) is 4.22. The third kappa shape index (κ3) is 4.69. The highest BCUT2D eigenvalue weighted by atomic mass is 16.2. The molecular formula is C15H27N3O2. The Morgan fingerprint density at radius 1 is 0.750 bits per heavy atom. The molecule has 0 radical (unpaired) electrons. The second kappa shape index (κ2) is 8.12. The highest BCUT2D eigenvalue weighted by Crippen LogP contribution is 2.10. The minimum atomic E-state index is -0.00153. The van der Waals surface area contributed by atoms with Crippen molar-refractivity contribution < 1.29 is 9.59 Å². The van der Waals surface area contributed by atoms with Crippen molar-refractivity contribution in [3.8, 4) is 0 Å². The molecule has 1 N–H and O–H groups in total. The van der Waals surface area contributed by atoms with Crippen LogP contribution in [0.1, 0.15) is 51.4 Å². The summed E-state index contributed by atoms with van der Waals surface area (Å²) >= 11 is 0. The van der Waals surface area contributed by atoms with Gasteiger partial charge in [-0.25, -0.2) is 4.79 Å². The minimum Gasteiger partial charge on any atom is -0.343 e. The van der Waals surface area contributed by atoms with Gasteiger partial charge >= 0.3 is 6.03 Å². The summed E-state index contributed by atoms with van der Waals surface area (Å²) in [5.74, 6) is 0.181. The van der Waals surface area contributed by atoms with Crippen LogP contribution in [0.15, 0.2) is 0 Å². The largest absolute Gasteiger partial charge is 0.343 e. The number of amides is 3. The van der Waals surface area contributed by atoms with E-state index >= 15 is 0 Å². The fraction of sp³-hybridized carbons (Fsp3) is 0.867. The van der Waals surface area contributed by atoms with Crippen LogP contribution in [0.2, 0.25) is 0 Å².